The molecule has 0 bridgehead atoms. The zero-order valence-electron chi connectivity index (χ0n) is 18.8. The van der Waals surface area contributed by atoms with Crippen LogP contribution in [0.15, 0.2) is 58.2 Å². The highest BCUT2D eigenvalue weighted by Crippen LogP contribution is 2.25. The first kappa shape index (κ1) is 24.8. The van der Waals surface area contributed by atoms with Gasteiger partial charge in [-0.15, -0.1) is 10.2 Å². The first-order chi connectivity index (χ1) is 15.8. The number of carbonyl (C=O) groups excluding carboxylic acids is 2. The maximum atomic E-state index is 12.8. The molecule has 0 unspecified atom stereocenters. The Morgan fingerprint density at radius 1 is 1.09 bits per heavy atom. The Morgan fingerprint density at radius 3 is 2.36 bits per heavy atom. The Labute approximate surface area is 205 Å². The summed E-state index contributed by atoms with van der Waals surface area (Å²) in [4.78, 5) is 25.1. The van der Waals surface area contributed by atoms with Crippen LogP contribution in [0.5, 0.6) is 5.75 Å². The van der Waals surface area contributed by atoms with Gasteiger partial charge in [-0.2, -0.15) is 0 Å². The number of methoxy groups -OCH3 is 1. The van der Waals surface area contributed by atoms with Crippen molar-refractivity contribution >= 4 is 45.2 Å². The maximum Gasteiger partial charge on any atom is 0.251 e. The number of amides is 2. The number of nitrogens with one attached hydrogen (secondary N) is 2. The van der Waals surface area contributed by atoms with Crippen LogP contribution in [0.4, 0.5) is 5.69 Å². The van der Waals surface area contributed by atoms with E-state index in [1.165, 1.54) is 11.8 Å². The number of carbonyl (C=O) groups is 2. The summed E-state index contributed by atoms with van der Waals surface area (Å²) in [5.74, 6) is 1.23. The fraction of sp³-hybridized carbons (Fsp3) is 0.304. The number of ether oxygens (including phenoxy) is 1. The van der Waals surface area contributed by atoms with Crippen LogP contribution in [0.25, 0.3) is 0 Å². The zero-order chi connectivity index (χ0) is 24.0. The summed E-state index contributed by atoms with van der Waals surface area (Å²) in [5.41, 5.74) is 1.26. The lowest BCUT2D eigenvalue weighted by Crippen LogP contribution is -2.33. The minimum atomic E-state index is -0.344. The van der Waals surface area contributed by atoms with E-state index in [-0.39, 0.29) is 29.5 Å². The number of halogens is 1. The van der Waals surface area contributed by atoms with Gasteiger partial charge in [0.1, 0.15) is 5.75 Å². The molecule has 0 aliphatic heterocycles. The molecule has 2 N–H and O–H groups in total. The Morgan fingerprint density at radius 2 is 1.76 bits per heavy atom. The molecule has 0 aliphatic carbocycles. The summed E-state index contributed by atoms with van der Waals surface area (Å²) in [6.07, 6.45) is 0. The van der Waals surface area contributed by atoms with Crippen molar-refractivity contribution in [3.8, 4) is 5.75 Å². The molecule has 8 nitrogen and oxygen atoms in total. The molecule has 2 amide bonds. The molecule has 174 valence electrons. The van der Waals surface area contributed by atoms with Gasteiger partial charge in [-0.25, -0.2) is 0 Å². The predicted molar refractivity (Wildman–Crippen MR) is 133 cm³/mol. The van der Waals surface area contributed by atoms with E-state index in [1.807, 2.05) is 49.7 Å². The van der Waals surface area contributed by atoms with Crippen LogP contribution in [-0.4, -0.2) is 39.4 Å². The molecule has 1 atom stereocenters. The minimum absolute atomic E-state index is 0.0775. The highest BCUT2D eigenvalue weighted by Gasteiger charge is 2.25. The van der Waals surface area contributed by atoms with Crippen molar-refractivity contribution in [2.45, 2.75) is 25.0 Å². The van der Waals surface area contributed by atoms with Crippen LogP contribution in [-0.2, 0) is 11.8 Å². The first-order valence-electron chi connectivity index (χ1n) is 10.3. The highest BCUT2D eigenvalue weighted by atomic mass is 79.9. The first-order valence-corrected chi connectivity index (χ1v) is 12.1. The van der Waals surface area contributed by atoms with Crippen molar-refractivity contribution in [1.82, 2.24) is 20.1 Å². The normalized spacial score (nSPS) is 11.8. The Hall–Kier alpha value is -2.85. The second-order valence-corrected chi connectivity index (χ2v) is 9.53. The van der Waals surface area contributed by atoms with Crippen LogP contribution in [0.3, 0.4) is 0 Å². The van der Waals surface area contributed by atoms with Crippen molar-refractivity contribution < 1.29 is 14.3 Å². The number of rotatable bonds is 9. The third kappa shape index (κ3) is 6.58. The van der Waals surface area contributed by atoms with Crippen molar-refractivity contribution in [3.63, 3.8) is 0 Å². The summed E-state index contributed by atoms with van der Waals surface area (Å²) in [6, 6.07) is 14.0. The van der Waals surface area contributed by atoms with Crippen LogP contribution in [0.1, 0.15) is 36.1 Å². The van der Waals surface area contributed by atoms with Gasteiger partial charge in [0, 0.05) is 22.8 Å². The Kier molecular flexibility index (Phi) is 8.51. The van der Waals surface area contributed by atoms with Gasteiger partial charge in [0.05, 0.1) is 18.9 Å². The number of hydrogen-bond acceptors (Lipinski definition) is 6. The van der Waals surface area contributed by atoms with E-state index in [2.05, 4.69) is 36.8 Å². The molecule has 1 heterocycles. The van der Waals surface area contributed by atoms with Gasteiger partial charge < -0.3 is 19.9 Å². The summed E-state index contributed by atoms with van der Waals surface area (Å²) >= 11 is 4.66. The summed E-state index contributed by atoms with van der Waals surface area (Å²) in [5, 5.41) is 15.0. The van der Waals surface area contributed by atoms with Gasteiger partial charge in [0.15, 0.2) is 11.0 Å². The number of hydrogen-bond donors (Lipinski definition) is 2. The fourth-order valence-corrected chi connectivity index (χ4v) is 4.06. The van der Waals surface area contributed by atoms with Gasteiger partial charge >= 0.3 is 0 Å². The van der Waals surface area contributed by atoms with E-state index < -0.39 is 0 Å². The predicted octanol–water partition coefficient (Wildman–Crippen LogP) is 4.44. The number of aromatic nitrogens is 3. The molecule has 0 fully saturated rings. The summed E-state index contributed by atoms with van der Waals surface area (Å²) in [7, 11) is 3.41. The molecule has 3 rings (SSSR count). The van der Waals surface area contributed by atoms with E-state index in [0.717, 1.165) is 10.2 Å². The lowest BCUT2D eigenvalue weighted by Gasteiger charge is -2.21. The molecule has 2 aromatic carbocycles. The van der Waals surface area contributed by atoms with E-state index in [1.54, 1.807) is 31.4 Å². The molecule has 33 heavy (non-hydrogen) atoms. The Balaban J connectivity index is 1.65. The van der Waals surface area contributed by atoms with Crippen molar-refractivity contribution in [2.75, 3.05) is 18.2 Å². The van der Waals surface area contributed by atoms with E-state index >= 15 is 0 Å². The molecule has 10 heteroatoms. The van der Waals surface area contributed by atoms with Crippen LogP contribution in [0, 0.1) is 5.92 Å². The fourth-order valence-electron chi connectivity index (χ4n) is 3.08. The summed E-state index contributed by atoms with van der Waals surface area (Å²) in [6.45, 7) is 4.01. The zero-order valence-corrected chi connectivity index (χ0v) is 21.2. The van der Waals surface area contributed by atoms with E-state index in [4.69, 9.17) is 4.74 Å². The van der Waals surface area contributed by atoms with Crippen molar-refractivity contribution in [2.24, 2.45) is 13.0 Å². The molecule has 0 saturated carbocycles. The van der Waals surface area contributed by atoms with Gasteiger partial charge in [0.2, 0.25) is 5.91 Å². The molecule has 0 aliphatic rings. The highest BCUT2D eigenvalue weighted by molar-refractivity contribution is 9.10. The largest absolute Gasteiger partial charge is 0.497 e. The van der Waals surface area contributed by atoms with Crippen LogP contribution in [0.2, 0.25) is 0 Å². The number of nitrogens with zero attached hydrogens (tertiary/aromatic N) is 3. The van der Waals surface area contributed by atoms with Gasteiger partial charge in [-0.3, -0.25) is 9.59 Å². The quantitative estimate of drug-likeness (QED) is 0.396. The third-order valence-electron chi connectivity index (χ3n) is 4.91. The van der Waals surface area contributed by atoms with Gasteiger partial charge in [-0.1, -0.05) is 41.5 Å². The van der Waals surface area contributed by atoms with Gasteiger partial charge in [0.25, 0.3) is 5.91 Å². The third-order valence-corrected chi connectivity index (χ3v) is 6.46. The standard InChI is InChI=1S/C23H26BrN5O3S/c1-14(2)20(26-22(31)15-5-11-18(32-4)12-6-15)21-27-28-23(29(21)3)33-13-19(30)25-17-9-7-16(24)8-10-17/h5-12,14,20H,13H2,1-4H3,(H,25,30)(H,26,31)/t20-/m1/s1. The number of benzene rings is 2. The second kappa shape index (κ2) is 11.3. The average Bonchev–Trinajstić information content (AvgIpc) is 3.17. The van der Waals surface area contributed by atoms with Gasteiger partial charge in [-0.05, 0) is 54.4 Å². The van der Waals surface area contributed by atoms with Crippen LogP contribution >= 0.6 is 27.7 Å². The molecule has 0 radical (unpaired) electrons. The Bertz CT molecular complexity index is 1100. The molecular weight excluding hydrogens is 506 g/mol. The summed E-state index contributed by atoms with van der Waals surface area (Å²) < 4.78 is 7.91. The lowest BCUT2D eigenvalue weighted by atomic mass is 10.0. The number of thioether (sulfide) groups is 1. The monoisotopic (exact) mass is 531 g/mol. The van der Waals surface area contributed by atoms with Crippen molar-refractivity contribution in [1.29, 1.82) is 0 Å². The smallest absolute Gasteiger partial charge is 0.251 e. The minimum Gasteiger partial charge on any atom is -0.497 e. The average molecular weight is 532 g/mol. The maximum absolute atomic E-state index is 12.8. The molecular formula is C23H26BrN5O3S. The van der Waals surface area contributed by atoms with E-state index in [0.29, 0.717) is 22.3 Å². The molecule has 0 saturated heterocycles. The topological polar surface area (TPSA) is 98.1 Å². The second-order valence-electron chi connectivity index (χ2n) is 7.67. The number of anilines is 1. The SMILES string of the molecule is COc1ccc(C(=O)N[C@@H](c2nnc(SCC(=O)Nc3ccc(Br)cc3)n2C)C(C)C)cc1. The molecule has 0 spiro atoms. The lowest BCUT2D eigenvalue weighted by molar-refractivity contribution is -0.113. The van der Waals surface area contributed by atoms with E-state index in [9.17, 15) is 9.59 Å². The molecule has 3 aromatic rings. The molecule has 1 aromatic heterocycles. The van der Waals surface area contributed by atoms with Crippen LogP contribution < -0.4 is 15.4 Å². The van der Waals surface area contributed by atoms with Crippen molar-refractivity contribution in [3.05, 3.63) is 64.4 Å².